The molecule has 0 bridgehead atoms. The fourth-order valence-corrected chi connectivity index (χ4v) is 3.47. The first kappa shape index (κ1) is 15.3. The van der Waals surface area contributed by atoms with Gasteiger partial charge < -0.3 is 15.0 Å². The minimum absolute atomic E-state index is 0.368. The number of nitrogens with one attached hydrogen (secondary N) is 1. The summed E-state index contributed by atoms with van der Waals surface area (Å²) in [4.78, 5) is 12.5. The molecule has 1 fully saturated rings. The third-order valence-corrected chi connectivity index (χ3v) is 5.06. The van der Waals surface area contributed by atoms with Gasteiger partial charge in [0.05, 0.1) is 6.54 Å². The topological polar surface area (TPSA) is 89.2 Å². The third-order valence-electron chi connectivity index (χ3n) is 4.18. The van der Waals surface area contributed by atoms with E-state index in [1.165, 1.54) is 4.88 Å². The second kappa shape index (κ2) is 6.70. The van der Waals surface area contributed by atoms with E-state index < -0.39 is 0 Å². The molecule has 4 heterocycles. The average Bonchev–Trinajstić information content (AvgIpc) is 3.30. The van der Waals surface area contributed by atoms with Crippen LogP contribution in [-0.2, 0) is 11.3 Å². The third kappa shape index (κ3) is 3.04. The van der Waals surface area contributed by atoms with Gasteiger partial charge in [-0.05, 0) is 34.6 Å². The summed E-state index contributed by atoms with van der Waals surface area (Å²) in [5.74, 6) is 1.46. The zero-order valence-electron chi connectivity index (χ0n) is 13.3. The maximum atomic E-state index is 5.46. The van der Waals surface area contributed by atoms with Crippen LogP contribution in [0.25, 0.3) is 11.3 Å². The summed E-state index contributed by atoms with van der Waals surface area (Å²) in [6.45, 7) is 2.24. The maximum Gasteiger partial charge on any atom is 0.245 e. The Labute approximate surface area is 142 Å². The van der Waals surface area contributed by atoms with Gasteiger partial charge in [-0.25, -0.2) is 14.6 Å². The normalized spacial score (nSPS) is 15.7. The van der Waals surface area contributed by atoms with Crippen LogP contribution >= 0.6 is 11.3 Å². The number of thiophene rings is 1. The Balaban J connectivity index is 1.64. The molecule has 4 rings (SSSR count). The molecule has 0 saturated carbocycles. The van der Waals surface area contributed by atoms with Crippen molar-refractivity contribution in [2.45, 2.75) is 25.4 Å². The summed E-state index contributed by atoms with van der Waals surface area (Å²) in [6, 6.07) is 4.49. The molecule has 8 nitrogen and oxygen atoms in total. The van der Waals surface area contributed by atoms with Crippen molar-refractivity contribution in [2.75, 3.05) is 30.5 Å². The average molecular weight is 346 g/mol. The van der Waals surface area contributed by atoms with Crippen molar-refractivity contribution in [3.05, 3.63) is 22.4 Å². The molecule has 126 valence electrons. The van der Waals surface area contributed by atoms with Gasteiger partial charge in [0.25, 0.3) is 0 Å². The van der Waals surface area contributed by atoms with Gasteiger partial charge in [0.1, 0.15) is 0 Å². The van der Waals surface area contributed by atoms with Gasteiger partial charge in [-0.15, -0.1) is 11.3 Å². The fraction of sp³-hybridized carbons (Fsp3) is 0.467. The highest BCUT2D eigenvalue weighted by atomic mass is 32.1. The first-order valence-corrected chi connectivity index (χ1v) is 8.76. The molecule has 0 spiro atoms. The lowest BCUT2D eigenvalue weighted by molar-refractivity contribution is 0.0854. The molecule has 0 atom stereocenters. The Hall–Kier alpha value is -2.26. The zero-order chi connectivity index (χ0) is 16.4. The Bertz CT molecular complexity index is 800. The van der Waals surface area contributed by atoms with Crippen LogP contribution in [0.4, 0.5) is 11.6 Å². The van der Waals surface area contributed by atoms with Crippen LogP contribution in [0.5, 0.6) is 0 Å². The van der Waals surface area contributed by atoms with Gasteiger partial charge in [0.2, 0.25) is 11.3 Å². The summed E-state index contributed by atoms with van der Waals surface area (Å²) in [5.41, 5.74) is 0.832. The highest BCUT2D eigenvalue weighted by Gasteiger charge is 2.24. The number of fused-ring (bicyclic) bond motifs is 1. The number of nitrogens with zero attached hydrogens (tertiary/aromatic N) is 5. The van der Waals surface area contributed by atoms with Crippen molar-refractivity contribution in [3.63, 3.8) is 0 Å². The molecule has 0 unspecified atom stereocenters. The lowest BCUT2D eigenvalue weighted by Crippen LogP contribution is -2.37. The second-order valence-electron chi connectivity index (χ2n) is 5.69. The highest BCUT2D eigenvalue weighted by molar-refractivity contribution is 7.09. The summed E-state index contributed by atoms with van der Waals surface area (Å²) in [7, 11) is 2.04. The van der Waals surface area contributed by atoms with Gasteiger partial charge in [-0.2, -0.15) is 0 Å². The molecule has 0 amide bonds. The van der Waals surface area contributed by atoms with Gasteiger partial charge >= 0.3 is 0 Å². The van der Waals surface area contributed by atoms with Gasteiger partial charge in [0.15, 0.2) is 11.6 Å². The smallest absolute Gasteiger partial charge is 0.245 e. The van der Waals surface area contributed by atoms with E-state index in [1.54, 1.807) is 11.3 Å². The van der Waals surface area contributed by atoms with Crippen LogP contribution in [-0.4, -0.2) is 46.6 Å². The van der Waals surface area contributed by atoms with Crippen LogP contribution in [0, 0.1) is 0 Å². The molecule has 9 heteroatoms. The van der Waals surface area contributed by atoms with Crippen molar-refractivity contribution in [1.82, 2.24) is 20.3 Å². The molecule has 0 radical (unpaired) electrons. The lowest BCUT2D eigenvalue weighted by atomic mass is 10.1. The summed E-state index contributed by atoms with van der Waals surface area (Å²) >= 11 is 1.70. The summed E-state index contributed by atoms with van der Waals surface area (Å²) < 4.78 is 10.2. The molecule has 0 aliphatic carbocycles. The highest BCUT2D eigenvalue weighted by Crippen LogP contribution is 2.27. The number of ether oxygens (including phenoxy) is 1. The molecule has 3 aromatic heterocycles. The minimum atomic E-state index is 0.368. The molecule has 3 aromatic rings. The Morgan fingerprint density at radius 2 is 2.04 bits per heavy atom. The molecular weight excluding hydrogens is 328 g/mol. The van der Waals surface area contributed by atoms with Gasteiger partial charge in [-0.1, -0.05) is 6.07 Å². The number of anilines is 2. The molecule has 1 aliphatic heterocycles. The van der Waals surface area contributed by atoms with Crippen LogP contribution in [0.3, 0.4) is 0 Å². The zero-order valence-corrected chi connectivity index (χ0v) is 14.1. The van der Waals surface area contributed by atoms with E-state index in [1.807, 2.05) is 13.1 Å². The molecule has 1 saturated heterocycles. The second-order valence-corrected chi connectivity index (χ2v) is 6.73. The lowest BCUT2D eigenvalue weighted by Gasteiger charge is -2.32. The van der Waals surface area contributed by atoms with E-state index in [2.05, 4.69) is 41.9 Å². The van der Waals surface area contributed by atoms with Crippen molar-refractivity contribution >= 4 is 34.3 Å². The monoisotopic (exact) mass is 346 g/mol. The SMILES string of the molecule is CN(c1nc2nonc2nc1NCc1cccs1)C1CCOCC1. The maximum absolute atomic E-state index is 5.46. The number of hydrogen-bond acceptors (Lipinski definition) is 9. The summed E-state index contributed by atoms with van der Waals surface area (Å²) in [5, 5.41) is 13.1. The first-order chi connectivity index (χ1) is 11.8. The summed E-state index contributed by atoms with van der Waals surface area (Å²) in [6.07, 6.45) is 1.94. The van der Waals surface area contributed by atoms with Crippen molar-refractivity contribution in [2.24, 2.45) is 0 Å². The molecular formula is C15H18N6O2S. The van der Waals surface area contributed by atoms with Gasteiger partial charge in [-0.3, -0.25) is 0 Å². The van der Waals surface area contributed by atoms with E-state index in [0.717, 1.165) is 31.9 Å². The number of aromatic nitrogens is 4. The van der Waals surface area contributed by atoms with Crippen molar-refractivity contribution in [3.8, 4) is 0 Å². The van der Waals surface area contributed by atoms with Crippen LogP contribution in [0.1, 0.15) is 17.7 Å². The molecule has 0 aromatic carbocycles. The van der Waals surface area contributed by atoms with E-state index in [4.69, 9.17) is 9.37 Å². The number of rotatable bonds is 5. The molecule has 24 heavy (non-hydrogen) atoms. The first-order valence-electron chi connectivity index (χ1n) is 7.88. The predicted molar refractivity (Wildman–Crippen MR) is 91.3 cm³/mol. The Morgan fingerprint density at radius 1 is 1.25 bits per heavy atom. The molecule has 1 aliphatic rings. The standard InChI is InChI=1S/C15H18N6O2S/c1-21(10-4-6-22-7-5-10)15-14(16-9-11-3-2-8-24-11)17-12-13(18-15)20-23-19-12/h2-3,8,10H,4-7,9H2,1H3,(H,16,17,19). The Morgan fingerprint density at radius 3 is 2.79 bits per heavy atom. The minimum Gasteiger partial charge on any atom is -0.381 e. The van der Waals surface area contributed by atoms with Crippen molar-refractivity contribution < 1.29 is 9.37 Å². The van der Waals surface area contributed by atoms with Crippen LogP contribution in [0.2, 0.25) is 0 Å². The van der Waals surface area contributed by atoms with E-state index in [0.29, 0.717) is 29.7 Å². The largest absolute Gasteiger partial charge is 0.381 e. The Kier molecular flexibility index (Phi) is 4.26. The molecule has 1 N–H and O–H groups in total. The number of hydrogen-bond donors (Lipinski definition) is 1. The predicted octanol–water partition coefficient (Wildman–Crippen LogP) is 2.30. The van der Waals surface area contributed by atoms with Crippen LogP contribution < -0.4 is 10.2 Å². The van der Waals surface area contributed by atoms with Crippen molar-refractivity contribution in [1.29, 1.82) is 0 Å². The van der Waals surface area contributed by atoms with E-state index in [-0.39, 0.29) is 0 Å². The van der Waals surface area contributed by atoms with E-state index in [9.17, 15) is 0 Å². The van der Waals surface area contributed by atoms with Crippen LogP contribution in [0.15, 0.2) is 22.1 Å². The fourth-order valence-electron chi connectivity index (χ4n) is 2.82. The van der Waals surface area contributed by atoms with Gasteiger partial charge in [0, 0.05) is 31.2 Å². The quantitative estimate of drug-likeness (QED) is 0.753. The van der Waals surface area contributed by atoms with E-state index >= 15 is 0 Å².